The van der Waals surface area contributed by atoms with E-state index in [4.69, 9.17) is 11.6 Å². The Kier molecular flexibility index (Phi) is 5.20. The standard InChI is InChI=1S/C18H13ClF2N6OS/c1-9-11(6-23-16(24-9)18-25-13(19)8-29-18)17(28)26-27-7-10(5-14(20)21)15-12(27)3-2-4-22-15/h2-4,6-8,14H,5H2,1H3,(H,26,28). The van der Waals surface area contributed by atoms with Gasteiger partial charge in [0.1, 0.15) is 5.15 Å². The second-order valence-electron chi connectivity index (χ2n) is 6.10. The molecule has 7 nitrogen and oxygen atoms in total. The molecule has 4 aromatic heterocycles. The Morgan fingerprint density at radius 3 is 2.86 bits per heavy atom. The van der Waals surface area contributed by atoms with Gasteiger partial charge in [0.05, 0.1) is 22.3 Å². The summed E-state index contributed by atoms with van der Waals surface area (Å²) in [6.45, 7) is 1.67. The number of pyridine rings is 1. The fourth-order valence-electron chi connectivity index (χ4n) is 2.85. The van der Waals surface area contributed by atoms with Gasteiger partial charge in [-0.05, 0) is 19.1 Å². The maximum Gasteiger partial charge on any atom is 0.273 e. The van der Waals surface area contributed by atoms with Crippen LogP contribution in [-0.4, -0.2) is 36.9 Å². The van der Waals surface area contributed by atoms with Gasteiger partial charge in [0.2, 0.25) is 6.43 Å². The maximum absolute atomic E-state index is 12.9. The summed E-state index contributed by atoms with van der Waals surface area (Å²) < 4.78 is 27.1. The van der Waals surface area contributed by atoms with Crippen LogP contribution >= 0.6 is 22.9 Å². The smallest absolute Gasteiger partial charge is 0.267 e. The molecule has 0 aliphatic carbocycles. The van der Waals surface area contributed by atoms with Crippen molar-refractivity contribution in [2.24, 2.45) is 0 Å². The largest absolute Gasteiger partial charge is 0.273 e. The SMILES string of the molecule is Cc1nc(-c2nc(Cl)cs2)ncc1C(=O)Nn1cc(CC(F)F)c2ncccc21. The molecule has 148 valence electrons. The van der Waals surface area contributed by atoms with E-state index in [0.29, 0.717) is 38.3 Å². The van der Waals surface area contributed by atoms with Gasteiger partial charge in [0.15, 0.2) is 10.8 Å². The molecule has 0 aliphatic heterocycles. The second kappa shape index (κ2) is 7.80. The van der Waals surface area contributed by atoms with E-state index in [1.165, 1.54) is 34.6 Å². The van der Waals surface area contributed by atoms with E-state index in [1.807, 2.05) is 0 Å². The number of carbonyl (C=O) groups is 1. The first-order valence-electron chi connectivity index (χ1n) is 8.42. The number of hydrogen-bond acceptors (Lipinski definition) is 6. The minimum absolute atomic E-state index is 0.248. The lowest BCUT2D eigenvalue weighted by Crippen LogP contribution is -2.23. The minimum Gasteiger partial charge on any atom is -0.267 e. The van der Waals surface area contributed by atoms with E-state index in [2.05, 4.69) is 25.4 Å². The highest BCUT2D eigenvalue weighted by Gasteiger charge is 2.18. The Morgan fingerprint density at radius 1 is 1.34 bits per heavy atom. The summed E-state index contributed by atoms with van der Waals surface area (Å²) in [5.74, 6) is -0.110. The van der Waals surface area contributed by atoms with Crippen molar-refractivity contribution >= 4 is 39.9 Å². The zero-order chi connectivity index (χ0) is 20.5. The summed E-state index contributed by atoms with van der Waals surface area (Å²) in [6, 6.07) is 3.36. The van der Waals surface area contributed by atoms with Crippen molar-refractivity contribution < 1.29 is 13.6 Å². The number of aromatic nitrogens is 5. The number of nitrogens with zero attached hydrogens (tertiary/aromatic N) is 5. The quantitative estimate of drug-likeness (QED) is 0.511. The first-order chi connectivity index (χ1) is 13.9. The van der Waals surface area contributed by atoms with E-state index in [9.17, 15) is 13.6 Å². The number of halogens is 3. The van der Waals surface area contributed by atoms with Gasteiger partial charge in [0.25, 0.3) is 5.91 Å². The average Bonchev–Trinajstić information content (AvgIpc) is 3.26. The van der Waals surface area contributed by atoms with Crippen molar-refractivity contribution in [3.8, 4) is 10.8 Å². The Bertz CT molecular complexity index is 1210. The van der Waals surface area contributed by atoms with Gasteiger partial charge >= 0.3 is 0 Å². The topological polar surface area (TPSA) is 85.6 Å². The van der Waals surface area contributed by atoms with Crippen LogP contribution in [0.15, 0.2) is 36.1 Å². The van der Waals surface area contributed by atoms with Crippen molar-refractivity contribution in [1.82, 2.24) is 24.6 Å². The third-order valence-corrected chi connectivity index (χ3v) is 5.28. The summed E-state index contributed by atoms with van der Waals surface area (Å²) in [5, 5.41) is 2.56. The molecule has 1 N–H and O–H groups in total. The molecule has 0 unspecified atom stereocenters. The number of amides is 1. The molecule has 0 aliphatic rings. The van der Waals surface area contributed by atoms with Gasteiger partial charge in [0, 0.05) is 36.0 Å². The highest BCUT2D eigenvalue weighted by Crippen LogP contribution is 2.24. The third-order valence-electron chi connectivity index (χ3n) is 4.12. The van der Waals surface area contributed by atoms with Crippen LogP contribution in [-0.2, 0) is 6.42 Å². The predicted octanol–water partition coefficient (Wildman–Crippen LogP) is 4.10. The molecule has 0 saturated heterocycles. The molecule has 0 bridgehead atoms. The number of thiazole rings is 1. The van der Waals surface area contributed by atoms with Crippen LogP contribution in [0.4, 0.5) is 8.78 Å². The number of alkyl halides is 2. The molecule has 0 fully saturated rings. The van der Waals surface area contributed by atoms with Crippen LogP contribution in [0.25, 0.3) is 21.9 Å². The number of nitrogens with one attached hydrogen (secondary N) is 1. The van der Waals surface area contributed by atoms with E-state index in [0.717, 1.165) is 0 Å². The van der Waals surface area contributed by atoms with Crippen molar-refractivity contribution in [3.05, 3.63) is 58.1 Å². The molecule has 1 amide bonds. The Balaban J connectivity index is 1.63. The minimum atomic E-state index is -2.52. The number of hydrogen-bond donors (Lipinski definition) is 1. The summed E-state index contributed by atoms with van der Waals surface area (Å²) in [6.07, 6.45) is 1.39. The van der Waals surface area contributed by atoms with Crippen molar-refractivity contribution in [2.75, 3.05) is 5.43 Å². The fourth-order valence-corrected chi connectivity index (χ4v) is 3.74. The van der Waals surface area contributed by atoms with E-state index < -0.39 is 18.8 Å². The summed E-state index contributed by atoms with van der Waals surface area (Å²) in [5.41, 5.74) is 4.65. The Morgan fingerprint density at radius 2 is 2.17 bits per heavy atom. The molecule has 0 saturated carbocycles. The Labute approximate surface area is 172 Å². The molecule has 4 heterocycles. The molecule has 0 spiro atoms. The van der Waals surface area contributed by atoms with Gasteiger partial charge < -0.3 is 0 Å². The number of carbonyl (C=O) groups excluding carboxylic acids is 1. The Hall–Kier alpha value is -2.98. The van der Waals surface area contributed by atoms with E-state index in [-0.39, 0.29) is 5.56 Å². The van der Waals surface area contributed by atoms with Gasteiger partial charge in [-0.15, -0.1) is 11.3 Å². The van der Waals surface area contributed by atoms with Crippen LogP contribution in [0.3, 0.4) is 0 Å². The normalized spacial score (nSPS) is 11.3. The first-order valence-corrected chi connectivity index (χ1v) is 9.67. The molecule has 4 rings (SSSR count). The first kappa shape index (κ1) is 19.3. The number of fused-ring (bicyclic) bond motifs is 1. The molecule has 0 aromatic carbocycles. The van der Waals surface area contributed by atoms with Crippen molar-refractivity contribution in [1.29, 1.82) is 0 Å². The molecular weight excluding hydrogens is 422 g/mol. The monoisotopic (exact) mass is 434 g/mol. The van der Waals surface area contributed by atoms with Crippen LogP contribution < -0.4 is 5.43 Å². The molecule has 29 heavy (non-hydrogen) atoms. The lowest BCUT2D eigenvalue weighted by atomic mass is 10.2. The van der Waals surface area contributed by atoms with Crippen LogP contribution in [0.1, 0.15) is 21.6 Å². The second-order valence-corrected chi connectivity index (χ2v) is 7.35. The van der Waals surface area contributed by atoms with E-state index in [1.54, 1.807) is 24.4 Å². The maximum atomic E-state index is 12.9. The van der Waals surface area contributed by atoms with Crippen LogP contribution in [0.5, 0.6) is 0 Å². The number of rotatable bonds is 5. The summed E-state index contributed by atoms with van der Waals surface area (Å²) >= 11 is 7.12. The highest BCUT2D eigenvalue weighted by molar-refractivity contribution is 7.13. The lowest BCUT2D eigenvalue weighted by molar-refractivity contribution is 0.101. The van der Waals surface area contributed by atoms with Crippen LogP contribution in [0, 0.1) is 6.92 Å². The highest BCUT2D eigenvalue weighted by atomic mass is 35.5. The number of aryl methyl sites for hydroxylation is 1. The van der Waals surface area contributed by atoms with E-state index >= 15 is 0 Å². The molecule has 4 aromatic rings. The summed E-state index contributed by atoms with van der Waals surface area (Å²) in [7, 11) is 0. The lowest BCUT2D eigenvalue weighted by Gasteiger charge is -2.09. The van der Waals surface area contributed by atoms with Gasteiger partial charge in [-0.25, -0.2) is 23.7 Å². The van der Waals surface area contributed by atoms with Gasteiger partial charge in [-0.1, -0.05) is 11.6 Å². The van der Waals surface area contributed by atoms with Gasteiger partial charge in [-0.3, -0.25) is 19.9 Å². The van der Waals surface area contributed by atoms with Crippen LogP contribution in [0.2, 0.25) is 5.15 Å². The zero-order valence-electron chi connectivity index (χ0n) is 14.9. The average molecular weight is 435 g/mol. The molecular formula is C18H13ClF2N6OS. The van der Waals surface area contributed by atoms with Crippen molar-refractivity contribution in [3.63, 3.8) is 0 Å². The summed E-state index contributed by atoms with van der Waals surface area (Å²) in [4.78, 5) is 29.5. The van der Waals surface area contributed by atoms with Gasteiger partial charge in [-0.2, -0.15) is 0 Å². The van der Waals surface area contributed by atoms with Crippen molar-refractivity contribution in [2.45, 2.75) is 19.8 Å². The fraction of sp³-hybridized carbons (Fsp3) is 0.167. The zero-order valence-corrected chi connectivity index (χ0v) is 16.5. The molecule has 0 radical (unpaired) electrons. The molecule has 11 heteroatoms. The predicted molar refractivity (Wildman–Crippen MR) is 106 cm³/mol. The third kappa shape index (κ3) is 3.94. The molecule has 0 atom stereocenters.